The normalized spacial score (nSPS) is 20.5. The molecule has 0 unspecified atom stereocenters. The maximum Gasteiger partial charge on any atom is -0.00167 e. The summed E-state index contributed by atoms with van der Waals surface area (Å²) < 4.78 is 0. The van der Waals surface area contributed by atoms with Gasteiger partial charge in [-0.3, -0.25) is 0 Å². The van der Waals surface area contributed by atoms with E-state index in [0.29, 0.717) is 5.41 Å². The summed E-state index contributed by atoms with van der Waals surface area (Å²) in [4.78, 5) is 2.41. The van der Waals surface area contributed by atoms with E-state index >= 15 is 0 Å². The first-order valence-corrected chi connectivity index (χ1v) is 5.79. The highest BCUT2D eigenvalue weighted by Crippen LogP contribution is 2.28. The van der Waals surface area contributed by atoms with E-state index < -0.39 is 0 Å². The third-order valence-corrected chi connectivity index (χ3v) is 2.34. The van der Waals surface area contributed by atoms with E-state index in [1.165, 1.54) is 25.9 Å². The maximum atomic E-state index is 2.41. The van der Waals surface area contributed by atoms with E-state index in [0.717, 1.165) is 0 Å². The minimum atomic E-state index is 0.618. The molecule has 0 bridgehead atoms. The lowest BCUT2D eigenvalue weighted by Crippen LogP contribution is -2.34. The highest BCUT2D eigenvalue weighted by Gasteiger charge is 2.22. The second-order valence-electron chi connectivity index (χ2n) is 3.97. The fourth-order valence-electron chi connectivity index (χ4n) is 1.22. The van der Waals surface area contributed by atoms with Crippen molar-refractivity contribution in [2.24, 2.45) is 5.41 Å². The van der Waals surface area contributed by atoms with E-state index in [2.05, 4.69) is 25.8 Å². The average Bonchev–Trinajstić information content (AvgIpc) is 2.17. The van der Waals surface area contributed by atoms with Gasteiger partial charge >= 0.3 is 0 Å². The van der Waals surface area contributed by atoms with Crippen molar-refractivity contribution in [2.45, 2.75) is 54.4 Å². The van der Waals surface area contributed by atoms with Crippen LogP contribution in [0.4, 0.5) is 0 Å². The van der Waals surface area contributed by atoms with Crippen LogP contribution in [0.15, 0.2) is 0 Å². The molecule has 1 fully saturated rings. The van der Waals surface area contributed by atoms with E-state index in [-0.39, 0.29) is 0 Å². The molecule has 1 nitrogen and oxygen atoms in total. The van der Waals surface area contributed by atoms with Crippen molar-refractivity contribution >= 4 is 0 Å². The van der Waals surface area contributed by atoms with Crippen molar-refractivity contribution < 1.29 is 0 Å². The van der Waals surface area contributed by atoms with E-state index in [1.807, 2.05) is 27.7 Å². The van der Waals surface area contributed by atoms with Crippen molar-refractivity contribution in [1.82, 2.24) is 4.90 Å². The van der Waals surface area contributed by atoms with Gasteiger partial charge in [0.2, 0.25) is 0 Å². The summed E-state index contributed by atoms with van der Waals surface area (Å²) in [6, 6.07) is 0. The Balaban J connectivity index is 0. The van der Waals surface area contributed by atoms with Gasteiger partial charge in [0, 0.05) is 0 Å². The van der Waals surface area contributed by atoms with Crippen molar-refractivity contribution in [3.05, 3.63) is 0 Å². The summed E-state index contributed by atoms with van der Waals surface area (Å²) in [5.41, 5.74) is 0.618. The smallest absolute Gasteiger partial charge is 0.00167 e. The van der Waals surface area contributed by atoms with Gasteiger partial charge in [-0.25, -0.2) is 0 Å². The third kappa shape index (κ3) is 8.29. The Hall–Kier alpha value is -0.0400. The van der Waals surface area contributed by atoms with Gasteiger partial charge in [-0.2, -0.15) is 0 Å². The Morgan fingerprint density at radius 1 is 0.846 bits per heavy atom. The molecule has 1 aliphatic heterocycles. The number of rotatable bonds is 0. The first-order chi connectivity index (χ1) is 6.10. The first kappa shape index (κ1) is 15.4. The van der Waals surface area contributed by atoms with E-state index in [1.54, 1.807) is 0 Å². The summed E-state index contributed by atoms with van der Waals surface area (Å²) in [5, 5.41) is 0. The van der Waals surface area contributed by atoms with Gasteiger partial charge in [0.15, 0.2) is 0 Å². The zero-order valence-electron chi connectivity index (χ0n) is 10.8. The molecule has 0 amide bonds. The van der Waals surface area contributed by atoms with Gasteiger partial charge in [0.1, 0.15) is 0 Å². The summed E-state index contributed by atoms with van der Waals surface area (Å²) in [7, 11) is 2.20. The fraction of sp³-hybridized carbons (Fsp3) is 1.00. The third-order valence-electron chi connectivity index (χ3n) is 2.34. The molecule has 1 heteroatoms. The molecule has 0 saturated carbocycles. The van der Waals surface area contributed by atoms with Gasteiger partial charge in [-0.05, 0) is 38.4 Å². The predicted octanol–water partition coefficient (Wildman–Crippen LogP) is 3.79. The number of hydrogen-bond donors (Lipinski definition) is 0. The molecule has 0 aromatic heterocycles. The molecule has 1 rings (SSSR count). The molecule has 1 saturated heterocycles. The second-order valence-corrected chi connectivity index (χ2v) is 3.97. The van der Waals surface area contributed by atoms with Crippen molar-refractivity contribution in [1.29, 1.82) is 0 Å². The largest absolute Gasteiger partial charge is 0.306 e. The SMILES string of the molecule is CC.CC.CN1CCC(C)(C)CC1. The minimum absolute atomic E-state index is 0.618. The average molecular weight is 187 g/mol. The minimum Gasteiger partial charge on any atom is -0.306 e. The molecule has 0 spiro atoms. The molecular formula is C12H29N. The van der Waals surface area contributed by atoms with E-state index in [9.17, 15) is 0 Å². The number of nitrogens with zero attached hydrogens (tertiary/aromatic N) is 1. The number of piperidine rings is 1. The van der Waals surface area contributed by atoms with Crippen LogP contribution in [0.2, 0.25) is 0 Å². The van der Waals surface area contributed by atoms with Crippen molar-refractivity contribution in [3.8, 4) is 0 Å². The molecule has 0 aromatic carbocycles. The van der Waals surface area contributed by atoms with Crippen LogP contribution in [0.5, 0.6) is 0 Å². The molecule has 0 atom stereocenters. The quantitative estimate of drug-likeness (QED) is 0.558. The van der Waals surface area contributed by atoms with Gasteiger partial charge < -0.3 is 4.90 Å². The van der Waals surface area contributed by atoms with Crippen LogP contribution < -0.4 is 0 Å². The van der Waals surface area contributed by atoms with Crippen LogP contribution in [0.25, 0.3) is 0 Å². The molecule has 0 N–H and O–H groups in total. The maximum absolute atomic E-state index is 2.41. The lowest BCUT2D eigenvalue weighted by atomic mass is 9.83. The molecule has 13 heavy (non-hydrogen) atoms. The lowest BCUT2D eigenvalue weighted by molar-refractivity contribution is 0.157. The van der Waals surface area contributed by atoms with Crippen LogP contribution >= 0.6 is 0 Å². The summed E-state index contributed by atoms with van der Waals surface area (Å²) in [5.74, 6) is 0. The molecule has 82 valence electrons. The Labute approximate surface area is 85.5 Å². The summed E-state index contributed by atoms with van der Waals surface area (Å²) >= 11 is 0. The fourth-order valence-corrected chi connectivity index (χ4v) is 1.22. The summed E-state index contributed by atoms with van der Waals surface area (Å²) in [6.07, 6.45) is 2.73. The van der Waals surface area contributed by atoms with E-state index in [4.69, 9.17) is 0 Å². The Bertz CT molecular complexity index is 87.3. The highest BCUT2D eigenvalue weighted by atomic mass is 15.1. The van der Waals surface area contributed by atoms with Gasteiger partial charge in [-0.15, -0.1) is 0 Å². The Kier molecular flexibility index (Phi) is 10.2. The standard InChI is InChI=1S/C8H17N.2C2H6/c1-8(2)4-6-9(3)7-5-8;2*1-2/h4-7H2,1-3H3;2*1-2H3. The van der Waals surface area contributed by atoms with Crippen LogP contribution in [-0.2, 0) is 0 Å². The number of likely N-dealkylation sites (tertiary alicyclic amines) is 1. The molecule has 1 aliphatic rings. The zero-order valence-corrected chi connectivity index (χ0v) is 10.8. The van der Waals surface area contributed by atoms with Crippen LogP contribution in [0.1, 0.15) is 54.4 Å². The van der Waals surface area contributed by atoms with Gasteiger partial charge in [0.05, 0.1) is 0 Å². The zero-order chi connectivity index (χ0) is 10.9. The van der Waals surface area contributed by atoms with Gasteiger partial charge in [-0.1, -0.05) is 41.5 Å². The molecule has 0 aromatic rings. The molecule has 0 radical (unpaired) electrons. The Morgan fingerprint density at radius 3 is 1.38 bits per heavy atom. The van der Waals surface area contributed by atoms with Crippen LogP contribution in [-0.4, -0.2) is 25.0 Å². The molecule has 0 aliphatic carbocycles. The second kappa shape index (κ2) is 8.55. The lowest BCUT2D eigenvalue weighted by Gasteiger charge is -2.34. The summed E-state index contributed by atoms with van der Waals surface area (Å²) in [6.45, 7) is 15.3. The highest BCUT2D eigenvalue weighted by molar-refractivity contribution is 4.76. The van der Waals surface area contributed by atoms with Gasteiger partial charge in [0.25, 0.3) is 0 Å². The van der Waals surface area contributed by atoms with Crippen LogP contribution in [0.3, 0.4) is 0 Å². The Morgan fingerprint density at radius 2 is 1.15 bits per heavy atom. The molecule has 1 heterocycles. The van der Waals surface area contributed by atoms with Crippen molar-refractivity contribution in [2.75, 3.05) is 20.1 Å². The molecular weight excluding hydrogens is 158 g/mol. The monoisotopic (exact) mass is 187 g/mol. The predicted molar refractivity (Wildman–Crippen MR) is 63.2 cm³/mol. The van der Waals surface area contributed by atoms with Crippen molar-refractivity contribution in [3.63, 3.8) is 0 Å². The topological polar surface area (TPSA) is 3.24 Å². The number of hydrogen-bond acceptors (Lipinski definition) is 1. The first-order valence-electron chi connectivity index (χ1n) is 5.79. The van der Waals surface area contributed by atoms with Crippen LogP contribution in [0, 0.1) is 5.41 Å².